The second-order valence-electron chi connectivity index (χ2n) is 7.72. The number of carbonyl (C=O) groups excluding carboxylic acids is 1. The monoisotopic (exact) mass is 465 g/mol. The molecule has 1 N–H and O–H groups in total. The van der Waals surface area contributed by atoms with Gasteiger partial charge in [-0.3, -0.25) is 9.59 Å². The number of anilines is 1. The summed E-state index contributed by atoms with van der Waals surface area (Å²) in [6, 6.07) is 17.1. The third-order valence-electron chi connectivity index (χ3n) is 5.61. The molecule has 2 aromatic carbocycles. The van der Waals surface area contributed by atoms with Crippen molar-refractivity contribution in [2.24, 2.45) is 5.92 Å². The third-order valence-corrected chi connectivity index (χ3v) is 6.13. The first-order valence-corrected chi connectivity index (χ1v) is 11.1. The second kappa shape index (κ2) is 8.96. The maximum absolute atomic E-state index is 13.2. The molecule has 0 unspecified atom stereocenters. The Morgan fingerprint density at radius 1 is 1.03 bits per heavy atom. The molecular weight excluding hydrogens is 442 g/mol. The number of hydrogen-bond acceptors (Lipinski definition) is 3. The van der Waals surface area contributed by atoms with Gasteiger partial charge >= 0.3 is 0 Å². The molecule has 154 valence electrons. The van der Waals surface area contributed by atoms with Crippen molar-refractivity contribution in [3.8, 4) is 16.8 Å². The van der Waals surface area contributed by atoms with Gasteiger partial charge in [0.25, 0.3) is 0 Å². The van der Waals surface area contributed by atoms with Gasteiger partial charge in [-0.1, -0.05) is 65.5 Å². The van der Waals surface area contributed by atoms with E-state index in [1.54, 1.807) is 11.6 Å². The van der Waals surface area contributed by atoms with Gasteiger partial charge in [-0.25, -0.2) is 4.68 Å². The zero-order valence-electron chi connectivity index (χ0n) is 16.9. The minimum atomic E-state index is -0.173. The number of nitrogens with one attached hydrogen (secondary N) is 1. The zero-order chi connectivity index (χ0) is 21.1. The number of amides is 1. The van der Waals surface area contributed by atoms with Crippen LogP contribution in [-0.4, -0.2) is 15.7 Å². The van der Waals surface area contributed by atoms with Crippen molar-refractivity contribution in [3.05, 3.63) is 75.0 Å². The molecule has 5 nitrogen and oxygen atoms in total. The van der Waals surface area contributed by atoms with Crippen molar-refractivity contribution < 1.29 is 4.79 Å². The number of aromatic nitrogens is 2. The quantitative estimate of drug-likeness (QED) is 0.553. The van der Waals surface area contributed by atoms with Crippen LogP contribution >= 0.6 is 15.9 Å². The number of nitrogens with zero attached hydrogens (tertiary/aromatic N) is 2. The van der Waals surface area contributed by atoms with Gasteiger partial charge in [0, 0.05) is 10.4 Å². The summed E-state index contributed by atoms with van der Waals surface area (Å²) in [7, 11) is 0. The number of benzene rings is 2. The van der Waals surface area contributed by atoms with E-state index in [4.69, 9.17) is 0 Å². The van der Waals surface area contributed by atoms with E-state index in [9.17, 15) is 9.59 Å². The molecule has 0 saturated heterocycles. The van der Waals surface area contributed by atoms with Gasteiger partial charge in [0.05, 0.1) is 11.3 Å². The van der Waals surface area contributed by atoms with E-state index in [0.29, 0.717) is 17.1 Å². The number of aryl methyl sites for hydroxylation is 1. The van der Waals surface area contributed by atoms with Crippen molar-refractivity contribution in [2.75, 3.05) is 5.32 Å². The fraction of sp³-hybridized carbons (Fsp3) is 0.292. The van der Waals surface area contributed by atoms with E-state index in [1.807, 2.05) is 54.6 Å². The van der Waals surface area contributed by atoms with Crippen molar-refractivity contribution >= 4 is 27.7 Å². The van der Waals surface area contributed by atoms with Gasteiger partial charge in [-0.15, -0.1) is 0 Å². The minimum absolute atomic E-state index is 0.0304. The predicted octanol–water partition coefficient (Wildman–Crippen LogP) is 5.49. The molecular formula is C24H24BrN3O2. The lowest BCUT2D eigenvalue weighted by molar-refractivity contribution is -0.120. The molecule has 0 bridgehead atoms. The topological polar surface area (TPSA) is 64.0 Å². The zero-order valence-corrected chi connectivity index (χ0v) is 18.5. The Morgan fingerprint density at radius 2 is 1.70 bits per heavy atom. The summed E-state index contributed by atoms with van der Waals surface area (Å²) in [5.41, 5.74) is 2.21. The Kier molecular flexibility index (Phi) is 6.13. The van der Waals surface area contributed by atoms with E-state index in [1.165, 1.54) is 6.42 Å². The molecule has 1 saturated carbocycles. The highest BCUT2D eigenvalue weighted by Gasteiger charge is 2.25. The molecule has 1 heterocycles. The number of carbonyl (C=O) groups is 1. The fourth-order valence-electron chi connectivity index (χ4n) is 3.98. The number of rotatable bonds is 4. The first-order chi connectivity index (χ1) is 14.5. The fourth-order valence-corrected chi connectivity index (χ4v) is 4.24. The third kappa shape index (κ3) is 4.24. The van der Waals surface area contributed by atoms with Crippen molar-refractivity contribution in [3.63, 3.8) is 0 Å². The van der Waals surface area contributed by atoms with Crippen molar-refractivity contribution in [2.45, 2.75) is 39.0 Å². The predicted molar refractivity (Wildman–Crippen MR) is 123 cm³/mol. The summed E-state index contributed by atoms with van der Waals surface area (Å²) >= 11 is 3.46. The second-order valence-corrected chi connectivity index (χ2v) is 8.63. The summed E-state index contributed by atoms with van der Waals surface area (Å²) in [5, 5.41) is 7.61. The Morgan fingerprint density at radius 3 is 2.37 bits per heavy atom. The van der Waals surface area contributed by atoms with Crippen LogP contribution in [0, 0.1) is 12.8 Å². The minimum Gasteiger partial charge on any atom is -0.310 e. The van der Waals surface area contributed by atoms with Crippen LogP contribution in [0.5, 0.6) is 0 Å². The molecule has 4 rings (SSSR count). The Bertz CT molecular complexity index is 1100. The molecule has 1 fully saturated rings. The maximum Gasteiger partial charge on any atom is 0.228 e. The molecule has 30 heavy (non-hydrogen) atoms. The summed E-state index contributed by atoms with van der Waals surface area (Å²) < 4.78 is 2.62. The van der Waals surface area contributed by atoms with Gasteiger partial charge < -0.3 is 5.32 Å². The molecule has 0 atom stereocenters. The molecule has 1 amide bonds. The van der Waals surface area contributed by atoms with Crippen LogP contribution in [0.25, 0.3) is 16.8 Å². The van der Waals surface area contributed by atoms with E-state index >= 15 is 0 Å². The Hall–Kier alpha value is -2.73. The first-order valence-electron chi connectivity index (χ1n) is 10.3. The van der Waals surface area contributed by atoms with Gasteiger partial charge in [0.1, 0.15) is 11.5 Å². The standard InChI is InChI=1S/C24H24BrN3O2/c1-16-22(29)21(17-8-4-2-5-9-17)23(26-24(30)18-10-6-3-7-11-18)28(27-16)20-14-12-19(25)13-15-20/h2,4-5,8-9,12-15,18H,3,6-7,10-11H2,1H3,(H,26,30). The van der Waals surface area contributed by atoms with Crippen LogP contribution in [0.1, 0.15) is 37.8 Å². The molecule has 6 heteroatoms. The molecule has 3 aromatic rings. The maximum atomic E-state index is 13.2. The molecule has 1 aliphatic rings. The van der Waals surface area contributed by atoms with Gasteiger partial charge in [-0.05, 0) is 49.6 Å². The molecule has 1 aliphatic carbocycles. The highest BCUT2D eigenvalue weighted by atomic mass is 79.9. The molecule has 0 aliphatic heterocycles. The smallest absolute Gasteiger partial charge is 0.228 e. The Balaban J connectivity index is 1.89. The lowest BCUT2D eigenvalue weighted by atomic mass is 9.88. The van der Waals surface area contributed by atoms with E-state index in [2.05, 4.69) is 26.3 Å². The number of halogens is 1. The van der Waals surface area contributed by atoms with Crippen LogP contribution in [-0.2, 0) is 4.79 Å². The number of hydrogen-bond donors (Lipinski definition) is 1. The van der Waals surface area contributed by atoms with Crippen LogP contribution in [0.2, 0.25) is 0 Å². The van der Waals surface area contributed by atoms with E-state index in [-0.39, 0.29) is 17.3 Å². The average Bonchev–Trinajstić information content (AvgIpc) is 2.78. The average molecular weight is 466 g/mol. The Labute approximate surface area is 184 Å². The van der Waals surface area contributed by atoms with Crippen LogP contribution < -0.4 is 10.7 Å². The first kappa shape index (κ1) is 20.5. The van der Waals surface area contributed by atoms with Gasteiger partial charge in [0.2, 0.25) is 11.3 Å². The highest BCUT2D eigenvalue weighted by Crippen LogP contribution is 2.30. The lowest BCUT2D eigenvalue weighted by Gasteiger charge is -2.23. The van der Waals surface area contributed by atoms with E-state index in [0.717, 1.165) is 41.4 Å². The van der Waals surface area contributed by atoms with Crippen molar-refractivity contribution in [1.82, 2.24) is 9.78 Å². The van der Waals surface area contributed by atoms with Crippen LogP contribution in [0.4, 0.5) is 5.82 Å². The molecule has 1 aromatic heterocycles. The normalized spacial score (nSPS) is 14.5. The van der Waals surface area contributed by atoms with Crippen LogP contribution in [0.15, 0.2) is 63.9 Å². The molecule has 0 spiro atoms. The van der Waals surface area contributed by atoms with Gasteiger partial charge in [0.15, 0.2) is 0 Å². The van der Waals surface area contributed by atoms with Gasteiger partial charge in [-0.2, -0.15) is 5.10 Å². The summed E-state index contributed by atoms with van der Waals surface area (Å²) in [4.78, 5) is 26.3. The van der Waals surface area contributed by atoms with Crippen molar-refractivity contribution in [1.29, 1.82) is 0 Å². The SMILES string of the molecule is Cc1nn(-c2ccc(Br)cc2)c(NC(=O)C2CCCCC2)c(-c2ccccc2)c1=O. The van der Waals surface area contributed by atoms with E-state index < -0.39 is 0 Å². The summed E-state index contributed by atoms with van der Waals surface area (Å²) in [5.74, 6) is 0.356. The summed E-state index contributed by atoms with van der Waals surface area (Å²) in [6.07, 6.45) is 5.07. The summed E-state index contributed by atoms with van der Waals surface area (Å²) in [6.45, 7) is 1.71. The lowest BCUT2D eigenvalue weighted by Crippen LogP contribution is -2.29. The highest BCUT2D eigenvalue weighted by molar-refractivity contribution is 9.10. The largest absolute Gasteiger partial charge is 0.310 e. The van der Waals surface area contributed by atoms with Crippen LogP contribution in [0.3, 0.4) is 0 Å². The molecule has 0 radical (unpaired) electrons.